The van der Waals surface area contributed by atoms with Crippen LogP contribution in [0.15, 0.2) is 36.4 Å². The van der Waals surface area contributed by atoms with Gasteiger partial charge in [-0.1, -0.05) is 44.2 Å². The number of aromatic amines is 1. The zero-order valence-electron chi connectivity index (χ0n) is 13.7. The number of carbonyl (C=O) groups is 2. The van der Waals surface area contributed by atoms with Gasteiger partial charge in [0.2, 0.25) is 0 Å². The molecule has 1 N–H and O–H groups in total. The third-order valence-corrected chi connectivity index (χ3v) is 4.60. The Balaban J connectivity index is 1.82. The van der Waals surface area contributed by atoms with E-state index in [-0.39, 0.29) is 17.1 Å². The van der Waals surface area contributed by atoms with Gasteiger partial charge in [-0.2, -0.15) is 5.10 Å². The van der Waals surface area contributed by atoms with E-state index in [0.717, 1.165) is 0 Å². The predicted molar refractivity (Wildman–Crippen MR) is 87.5 cm³/mol. The number of aromatic nitrogens is 2. The molecule has 23 heavy (non-hydrogen) atoms. The van der Waals surface area contributed by atoms with Gasteiger partial charge in [0, 0.05) is 25.9 Å². The van der Waals surface area contributed by atoms with Gasteiger partial charge >= 0.3 is 0 Å². The Kier molecular flexibility index (Phi) is 3.80. The number of hydrogen-bond acceptors (Lipinski definition) is 3. The van der Waals surface area contributed by atoms with Gasteiger partial charge in [0.25, 0.3) is 5.91 Å². The van der Waals surface area contributed by atoms with Gasteiger partial charge in [0.1, 0.15) is 11.4 Å². The maximum atomic E-state index is 12.7. The molecule has 1 aromatic carbocycles. The number of carbonyl (C=O) groups excluding carboxylic acids is 2. The second-order valence-electron chi connectivity index (χ2n) is 6.86. The number of nitrogens with one attached hydrogen (secondary N) is 1. The lowest BCUT2D eigenvalue weighted by molar-refractivity contribution is 0.0772. The monoisotopic (exact) mass is 311 g/mol. The van der Waals surface area contributed by atoms with E-state index in [1.807, 2.05) is 23.1 Å². The first-order valence-electron chi connectivity index (χ1n) is 7.79. The number of likely N-dealkylation sites (tertiary alicyclic amines) is 1. The Hall–Kier alpha value is -2.43. The summed E-state index contributed by atoms with van der Waals surface area (Å²) in [5.74, 6) is 0.0450. The Morgan fingerprint density at radius 1 is 1.26 bits per heavy atom. The molecule has 1 atom stereocenters. The normalized spacial score (nSPS) is 19.8. The van der Waals surface area contributed by atoms with Crippen LogP contribution in [-0.4, -0.2) is 39.9 Å². The molecule has 0 bridgehead atoms. The standard InChI is InChI=1S/C18H21N3O2/c1-12(22)15-9-16(20-19-15)17(23)21-10-14(18(2,3)11-21)13-7-5-4-6-8-13/h4-9,14H,10-11H2,1-3H3,(H,19,20)/t14-/m0/s1. The zero-order valence-corrected chi connectivity index (χ0v) is 13.7. The van der Waals surface area contributed by atoms with Crippen molar-refractivity contribution >= 4 is 11.7 Å². The highest BCUT2D eigenvalue weighted by atomic mass is 16.2. The number of hydrogen-bond donors (Lipinski definition) is 1. The van der Waals surface area contributed by atoms with Crippen molar-refractivity contribution in [2.24, 2.45) is 5.41 Å². The molecule has 2 aromatic rings. The number of H-pyrrole nitrogens is 1. The summed E-state index contributed by atoms with van der Waals surface area (Å²) in [5.41, 5.74) is 1.92. The van der Waals surface area contributed by atoms with E-state index >= 15 is 0 Å². The molecule has 1 aromatic heterocycles. The van der Waals surface area contributed by atoms with Crippen LogP contribution in [0.1, 0.15) is 53.2 Å². The molecular formula is C18H21N3O2. The second-order valence-corrected chi connectivity index (χ2v) is 6.86. The number of benzene rings is 1. The lowest BCUT2D eigenvalue weighted by Gasteiger charge is -2.25. The zero-order chi connectivity index (χ0) is 16.6. The minimum atomic E-state index is -0.149. The molecule has 0 radical (unpaired) electrons. The van der Waals surface area contributed by atoms with Crippen molar-refractivity contribution in [3.8, 4) is 0 Å². The number of ketones is 1. The molecule has 5 nitrogen and oxygen atoms in total. The third-order valence-electron chi connectivity index (χ3n) is 4.60. The highest BCUT2D eigenvalue weighted by Crippen LogP contribution is 2.42. The summed E-state index contributed by atoms with van der Waals surface area (Å²) >= 11 is 0. The lowest BCUT2D eigenvalue weighted by Crippen LogP contribution is -2.30. The van der Waals surface area contributed by atoms with Crippen LogP contribution in [0.25, 0.3) is 0 Å². The molecule has 5 heteroatoms. The fraction of sp³-hybridized carbons (Fsp3) is 0.389. The SMILES string of the molecule is CC(=O)c1cc(C(=O)N2C[C@@H](c3ccccc3)C(C)(C)C2)[nH]n1. The van der Waals surface area contributed by atoms with Crippen molar-refractivity contribution in [3.05, 3.63) is 53.3 Å². The van der Waals surface area contributed by atoms with Gasteiger partial charge in [-0.3, -0.25) is 14.7 Å². The topological polar surface area (TPSA) is 66.1 Å². The largest absolute Gasteiger partial charge is 0.336 e. The number of amides is 1. The van der Waals surface area contributed by atoms with Gasteiger partial charge in [-0.15, -0.1) is 0 Å². The fourth-order valence-electron chi connectivity index (χ4n) is 3.31. The second kappa shape index (κ2) is 5.65. The molecule has 1 amide bonds. The summed E-state index contributed by atoms with van der Waals surface area (Å²) in [7, 11) is 0. The van der Waals surface area contributed by atoms with E-state index < -0.39 is 0 Å². The highest BCUT2D eigenvalue weighted by Gasteiger charge is 2.42. The smallest absolute Gasteiger partial charge is 0.271 e. The highest BCUT2D eigenvalue weighted by molar-refractivity contribution is 5.97. The van der Waals surface area contributed by atoms with Crippen molar-refractivity contribution in [2.45, 2.75) is 26.7 Å². The van der Waals surface area contributed by atoms with Crippen LogP contribution >= 0.6 is 0 Å². The van der Waals surface area contributed by atoms with E-state index in [1.54, 1.807) is 0 Å². The van der Waals surface area contributed by atoms with Crippen LogP contribution in [-0.2, 0) is 0 Å². The quantitative estimate of drug-likeness (QED) is 0.886. The minimum Gasteiger partial charge on any atom is -0.336 e. The van der Waals surface area contributed by atoms with E-state index in [2.05, 4.69) is 36.2 Å². The van der Waals surface area contributed by atoms with Gasteiger partial charge in [-0.25, -0.2) is 0 Å². The molecule has 1 fully saturated rings. The van der Waals surface area contributed by atoms with Crippen molar-refractivity contribution in [3.63, 3.8) is 0 Å². The molecule has 1 aliphatic heterocycles. The summed E-state index contributed by atoms with van der Waals surface area (Å²) in [5, 5.41) is 6.58. The van der Waals surface area contributed by atoms with E-state index in [4.69, 9.17) is 0 Å². The van der Waals surface area contributed by atoms with Crippen molar-refractivity contribution < 1.29 is 9.59 Å². The first kappa shape index (κ1) is 15.5. The molecule has 2 heterocycles. The first-order valence-corrected chi connectivity index (χ1v) is 7.79. The summed E-state index contributed by atoms with van der Waals surface area (Å²) in [6.45, 7) is 7.16. The molecule has 0 unspecified atom stereocenters. The average Bonchev–Trinajstić information content (AvgIpc) is 3.12. The Labute approximate surface area is 135 Å². The van der Waals surface area contributed by atoms with Crippen molar-refractivity contribution in [1.29, 1.82) is 0 Å². The molecule has 1 saturated heterocycles. The number of Topliss-reactive ketones (excluding diaryl/α,β-unsaturated/α-hetero) is 1. The van der Waals surface area contributed by atoms with Crippen molar-refractivity contribution in [2.75, 3.05) is 13.1 Å². The number of nitrogens with zero attached hydrogens (tertiary/aromatic N) is 2. The van der Waals surface area contributed by atoms with Crippen LogP contribution in [0.2, 0.25) is 0 Å². The molecule has 1 aliphatic rings. The van der Waals surface area contributed by atoms with Crippen LogP contribution in [0, 0.1) is 5.41 Å². The predicted octanol–water partition coefficient (Wildman–Crippen LogP) is 2.88. The molecule has 0 aliphatic carbocycles. The number of rotatable bonds is 3. The Morgan fingerprint density at radius 3 is 2.57 bits per heavy atom. The van der Waals surface area contributed by atoms with Crippen molar-refractivity contribution in [1.82, 2.24) is 15.1 Å². The lowest BCUT2D eigenvalue weighted by atomic mass is 9.78. The van der Waals surface area contributed by atoms with E-state index in [0.29, 0.717) is 30.4 Å². The maximum Gasteiger partial charge on any atom is 0.271 e. The average molecular weight is 311 g/mol. The van der Waals surface area contributed by atoms with Crippen LogP contribution in [0.3, 0.4) is 0 Å². The molecule has 0 saturated carbocycles. The van der Waals surface area contributed by atoms with Gasteiger partial charge in [0.15, 0.2) is 5.78 Å². The molecular weight excluding hydrogens is 290 g/mol. The van der Waals surface area contributed by atoms with Crippen LogP contribution < -0.4 is 0 Å². The van der Waals surface area contributed by atoms with Gasteiger partial charge < -0.3 is 4.90 Å². The van der Waals surface area contributed by atoms with Crippen LogP contribution in [0.4, 0.5) is 0 Å². The van der Waals surface area contributed by atoms with E-state index in [1.165, 1.54) is 18.6 Å². The van der Waals surface area contributed by atoms with Crippen LogP contribution in [0.5, 0.6) is 0 Å². The molecule has 3 rings (SSSR count). The summed E-state index contributed by atoms with van der Waals surface area (Å²) in [6.07, 6.45) is 0. The maximum absolute atomic E-state index is 12.7. The van der Waals surface area contributed by atoms with E-state index in [9.17, 15) is 9.59 Å². The third kappa shape index (κ3) is 2.91. The molecule has 0 spiro atoms. The Morgan fingerprint density at radius 2 is 1.96 bits per heavy atom. The fourth-order valence-corrected chi connectivity index (χ4v) is 3.31. The summed E-state index contributed by atoms with van der Waals surface area (Å²) in [6, 6.07) is 11.8. The Bertz CT molecular complexity index is 734. The van der Waals surface area contributed by atoms with Gasteiger partial charge in [-0.05, 0) is 17.0 Å². The summed E-state index contributed by atoms with van der Waals surface area (Å²) in [4.78, 5) is 25.9. The van der Waals surface area contributed by atoms with Gasteiger partial charge in [0.05, 0.1) is 0 Å². The minimum absolute atomic E-state index is 0.000437. The molecule has 120 valence electrons. The summed E-state index contributed by atoms with van der Waals surface area (Å²) < 4.78 is 0. The first-order chi connectivity index (χ1) is 10.9.